The minimum Gasteiger partial charge on any atom is -0.340 e. The van der Waals surface area contributed by atoms with Gasteiger partial charge in [-0.25, -0.2) is 4.98 Å². The van der Waals surface area contributed by atoms with Crippen LogP contribution in [0, 0.1) is 12.8 Å². The van der Waals surface area contributed by atoms with Crippen LogP contribution in [0.5, 0.6) is 0 Å². The van der Waals surface area contributed by atoms with Gasteiger partial charge in [0.1, 0.15) is 11.4 Å². The standard InChI is InChI=1S/C18H26N4O/c1-15-19-8-12-20(15)13-16-7-6-9-21(14-16)17(23)18(2,3)22-10-4-5-11-22/h4-5,8,10-12,16H,6-7,9,13-14H2,1-3H3. The molecule has 0 N–H and O–H groups in total. The van der Waals surface area contributed by atoms with Crippen molar-refractivity contribution in [1.29, 1.82) is 0 Å². The van der Waals surface area contributed by atoms with Gasteiger partial charge in [-0.1, -0.05) is 0 Å². The van der Waals surface area contributed by atoms with E-state index in [1.165, 1.54) is 6.42 Å². The topological polar surface area (TPSA) is 43.1 Å². The zero-order chi connectivity index (χ0) is 16.4. The number of piperidine rings is 1. The lowest BCUT2D eigenvalue weighted by Gasteiger charge is -2.38. The molecule has 2 aromatic heterocycles. The first kappa shape index (κ1) is 15.8. The molecule has 1 saturated heterocycles. The van der Waals surface area contributed by atoms with Gasteiger partial charge in [-0.05, 0) is 51.7 Å². The third-order valence-electron chi connectivity index (χ3n) is 4.96. The van der Waals surface area contributed by atoms with Crippen molar-refractivity contribution >= 4 is 5.91 Å². The quantitative estimate of drug-likeness (QED) is 0.871. The van der Waals surface area contributed by atoms with E-state index in [1.54, 1.807) is 0 Å². The number of imidazole rings is 1. The van der Waals surface area contributed by atoms with Crippen molar-refractivity contribution < 1.29 is 4.79 Å². The summed E-state index contributed by atoms with van der Waals surface area (Å²) in [5.41, 5.74) is -0.531. The van der Waals surface area contributed by atoms with Gasteiger partial charge in [-0.3, -0.25) is 4.79 Å². The number of hydrogen-bond donors (Lipinski definition) is 0. The molecule has 0 bridgehead atoms. The van der Waals surface area contributed by atoms with Crippen LogP contribution in [0.4, 0.5) is 0 Å². The number of nitrogens with zero attached hydrogens (tertiary/aromatic N) is 4. The highest BCUT2D eigenvalue weighted by Crippen LogP contribution is 2.25. The summed E-state index contributed by atoms with van der Waals surface area (Å²) in [5, 5.41) is 0. The molecule has 124 valence electrons. The van der Waals surface area contributed by atoms with Crippen LogP contribution in [0.3, 0.4) is 0 Å². The van der Waals surface area contributed by atoms with E-state index in [4.69, 9.17) is 0 Å². The average Bonchev–Trinajstić information content (AvgIpc) is 3.20. The van der Waals surface area contributed by atoms with Crippen molar-refractivity contribution in [3.8, 4) is 0 Å². The summed E-state index contributed by atoms with van der Waals surface area (Å²) in [6, 6.07) is 3.94. The van der Waals surface area contributed by atoms with Crippen LogP contribution >= 0.6 is 0 Å². The minimum atomic E-state index is -0.531. The molecule has 0 radical (unpaired) electrons. The Kier molecular flexibility index (Phi) is 4.28. The molecule has 5 heteroatoms. The van der Waals surface area contributed by atoms with Crippen molar-refractivity contribution in [3.63, 3.8) is 0 Å². The lowest BCUT2D eigenvalue weighted by atomic mass is 9.95. The first-order valence-corrected chi connectivity index (χ1v) is 8.39. The van der Waals surface area contributed by atoms with E-state index in [0.29, 0.717) is 5.92 Å². The molecule has 0 aromatic carbocycles. The van der Waals surface area contributed by atoms with E-state index in [-0.39, 0.29) is 5.91 Å². The molecular weight excluding hydrogens is 288 g/mol. The van der Waals surface area contributed by atoms with Crippen LogP contribution in [-0.2, 0) is 16.9 Å². The lowest BCUT2D eigenvalue weighted by Crippen LogP contribution is -2.50. The van der Waals surface area contributed by atoms with Gasteiger partial charge in [-0.2, -0.15) is 0 Å². The third-order valence-corrected chi connectivity index (χ3v) is 4.96. The van der Waals surface area contributed by atoms with Gasteiger partial charge in [0.25, 0.3) is 0 Å². The maximum Gasteiger partial charge on any atom is 0.248 e. The predicted octanol–water partition coefficient (Wildman–Crippen LogP) is 2.67. The Morgan fingerprint density at radius 2 is 2.04 bits per heavy atom. The summed E-state index contributed by atoms with van der Waals surface area (Å²) in [6.45, 7) is 8.67. The molecule has 1 amide bonds. The van der Waals surface area contributed by atoms with Gasteiger partial charge in [-0.15, -0.1) is 0 Å². The molecule has 23 heavy (non-hydrogen) atoms. The summed E-state index contributed by atoms with van der Waals surface area (Å²) >= 11 is 0. The van der Waals surface area contributed by atoms with Crippen LogP contribution in [0.1, 0.15) is 32.5 Å². The number of aromatic nitrogens is 3. The monoisotopic (exact) mass is 314 g/mol. The van der Waals surface area contributed by atoms with Gasteiger partial charge in [0.2, 0.25) is 5.91 Å². The molecule has 1 atom stereocenters. The second-order valence-electron chi connectivity index (χ2n) is 7.04. The molecular formula is C18H26N4O. The second-order valence-corrected chi connectivity index (χ2v) is 7.04. The van der Waals surface area contributed by atoms with Crippen molar-refractivity contribution in [1.82, 2.24) is 19.0 Å². The van der Waals surface area contributed by atoms with E-state index in [9.17, 15) is 4.79 Å². The Morgan fingerprint density at radius 1 is 1.30 bits per heavy atom. The van der Waals surface area contributed by atoms with Crippen LogP contribution in [0.15, 0.2) is 36.9 Å². The number of aryl methyl sites for hydroxylation is 1. The van der Waals surface area contributed by atoms with Gasteiger partial charge in [0.15, 0.2) is 0 Å². The zero-order valence-electron chi connectivity index (χ0n) is 14.3. The third kappa shape index (κ3) is 3.19. The Hall–Kier alpha value is -2.04. The van der Waals surface area contributed by atoms with Gasteiger partial charge < -0.3 is 14.0 Å². The summed E-state index contributed by atoms with van der Waals surface area (Å²) in [4.78, 5) is 19.3. The fraction of sp³-hybridized carbons (Fsp3) is 0.556. The maximum absolute atomic E-state index is 13.0. The smallest absolute Gasteiger partial charge is 0.248 e. The second kappa shape index (κ2) is 6.22. The Labute approximate surface area is 137 Å². The van der Waals surface area contributed by atoms with E-state index in [2.05, 4.69) is 9.55 Å². The predicted molar refractivity (Wildman–Crippen MR) is 90.0 cm³/mol. The molecule has 0 saturated carbocycles. The minimum absolute atomic E-state index is 0.209. The molecule has 1 aliphatic rings. The van der Waals surface area contributed by atoms with Crippen LogP contribution in [0.25, 0.3) is 0 Å². The molecule has 0 aliphatic carbocycles. The molecule has 1 aliphatic heterocycles. The molecule has 5 nitrogen and oxygen atoms in total. The largest absolute Gasteiger partial charge is 0.340 e. The highest BCUT2D eigenvalue weighted by molar-refractivity contribution is 5.83. The number of amides is 1. The van der Waals surface area contributed by atoms with E-state index in [0.717, 1.165) is 31.9 Å². The van der Waals surface area contributed by atoms with Crippen molar-refractivity contribution in [3.05, 3.63) is 42.7 Å². The van der Waals surface area contributed by atoms with Crippen molar-refractivity contribution in [2.75, 3.05) is 13.1 Å². The molecule has 1 fully saturated rings. The highest BCUT2D eigenvalue weighted by Gasteiger charge is 2.35. The molecule has 1 unspecified atom stereocenters. The van der Waals surface area contributed by atoms with Crippen LogP contribution < -0.4 is 0 Å². The zero-order valence-corrected chi connectivity index (χ0v) is 14.3. The number of rotatable bonds is 4. The molecule has 3 heterocycles. The number of likely N-dealkylation sites (tertiary alicyclic amines) is 1. The van der Waals surface area contributed by atoms with Gasteiger partial charge in [0, 0.05) is 44.4 Å². The number of carbonyl (C=O) groups excluding carboxylic acids is 1. The average molecular weight is 314 g/mol. The van der Waals surface area contributed by atoms with E-state index in [1.807, 2.05) is 67.2 Å². The molecule has 2 aromatic rings. The van der Waals surface area contributed by atoms with Crippen LogP contribution in [0.2, 0.25) is 0 Å². The number of hydrogen-bond acceptors (Lipinski definition) is 2. The lowest BCUT2D eigenvalue weighted by molar-refractivity contribution is -0.141. The Balaban J connectivity index is 1.68. The van der Waals surface area contributed by atoms with Crippen molar-refractivity contribution in [2.45, 2.75) is 45.7 Å². The van der Waals surface area contributed by atoms with Gasteiger partial charge >= 0.3 is 0 Å². The molecule has 3 rings (SSSR count). The normalized spacial score (nSPS) is 19.1. The summed E-state index contributed by atoms with van der Waals surface area (Å²) in [5.74, 6) is 1.75. The van der Waals surface area contributed by atoms with Gasteiger partial charge in [0.05, 0.1) is 0 Å². The Bertz CT molecular complexity index is 656. The fourth-order valence-corrected chi connectivity index (χ4v) is 3.48. The highest BCUT2D eigenvalue weighted by atomic mass is 16.2. The SMILES string of the molecule is Cc1nccn1CC1CCCN(C(=O)C(C)(C)n2cccc2)C1. The fourth-order valence-electron chi connectivity index (χ4n) is 3.48. The van der Waals surface area contributed by atoms with E-state index >= 15 is 0 Å². The van der Waals surface area contributed by atoms with E-state index < -0.39 is 5.54 Å². The first-order valence-electron chi connectivity index (χ1n) is 8.39. The number of carbonyl (C=O) groups is 1. The summed E-state index contributed by atoms with van der Waals surface area (Å²) in [7, 11) is 0. The molecule has 0 spiro atoms. The first-order chi connectivity index (χ1) is 11.0. The van der Waals surface area contributed by atoms with Crippen molar-refractivity contribution in [2.24, 2.45) is 5.92 Å². The Morgan fingerprint density at radius 3 is 2.70 bits per heavy atom. The maximum atomic E-state index is 13.0. The summed E-state index contributed by atoms with van der Waals surface area (Å²) in [6.07, 6.45) is 10.1. The van der Waals surface area contributed by atoms with Crippen LogP contribution in [-0.4, -0.2) is 38.0 Å². The summed E-state index contributed by atoms with van der Waals surface area (Å²) < 4.78 is 4.19.